The predicted octanol–water partition coefficient (Wildman–Crippen LogP) is 4.64. The van der Waals surface area contributed by atoms with E-state index in [9.17, 15) is 4.79 Å². The maximum atomic E-state index is 12.2. The number of rotatable bonds is 9. The first-order chi connectivity index (χ1) is 12.9. The van der Waals surface area contributed by atoms with E-state index in [1.807, 2.05) is 6.92 Å². The van der Waals surface area contributed by atoms with Crippen molar-refractivity contribution in [2.75, 3.05) is 19.0 Å². The van der Waals surface area contributed by atoms with Crippen molar-refractivity contribution < 1.29 is 14.3 Å². The molecule has 0 aliphatic rings. The lowest BCUT2D eigenvalue weighted by Crippen LogP contribution is -2.15. The summed E-state index contributed by atoms with van der Waals surface area (Å²) >= 11 is 6.30. The van der Waals surface area contributed by atoms with E-state index in [2.05, 4.69) is 24.3 Å². The third kappa shape index (κ3) is 6.03. The monoisotopic (exact) mass is 391 g/mol. The van der Waals surface area contributed by atoms with Crippen LogP contribution in [0.5, 0.6) is 11.5 Å². The van der Waals surface area contributed by atoms with Crippen LogP contribution in [0.3, 0.4) is 0 Å². The van der Waals surface area contributed by atoms with Crippen LogP contribution >= 0.6 is 11.6 Å². The minimum absolute atomic E-state index is 0.248. The van der Waals surface area contributed by atoms with Crippen LogP contribution in [0.4, 0.5) is 5.82 Å². The molecule has 0 spiro atoms. The van der Waals surface area contributed by atoms with Gasteiger partial charge in [-0.1, -0.05) is 32.4 Å². The summed E-state index contributed by atoms with van der Waals surface area (Å²) in [6.45, 7) is 7.50. The molecule has 27 heavy (non-hydrogen) atoms. The molecule has 0 aliphatic heterocycles. The molecule has 1 aromatic heterocycles. The first-order valence-electron chi connectivity index (χ1n) is 8.95. The topological polar surface area (TPSA) is 65.4 Å². The maximum absolute atomic E-state index is 12.2. The van der Waals surface area contributed by atoms with Gasteiger partial charge in [0.25, 0.3) is 0 Å². The number of methoxy groups -OCH3 is 1. The summed E-state index contributed by atoms with van der Waals surface area (Å²) in [5, 5.41) is 7.50. The van der Waals surface area contributed by atoms with Gasteiger partial charge in [-0.3, -0.25) is 4.79 Å². The zero-order chi connectivity index (χ0) is 19.8. The van der Waals surface area contributed by atoms with Gasteiger partial charge in [-0.25, -0.2) is 4.68 Å². The summed E-state index contributed by atoms with van der Waals surface area (Å²) in [7, 11) is 1.56. The Hall–Kier alpha value is -2.47. The average Bonchev–Trinajstić information content (AvgIpc) is 3.04. The second-order valence-corrected chi connectivity index (χ2v) is 6.90. The van der Waals surface area contributed by atoms with Crippen molar-refractivity contribution in [1.29, 1.82) is 0 Å². The number of halogens is 1. The molecular formula is C20H26ClN3O3. The molecule has 2 rings (SSSR count). The molecule has 0 fully saturated rings. The number of carbonyl (C=O) groups excluding carboxylic acids is 1. The normalized spacial score (nSPS) is 11.2. The third-order valence-electron chi connectivity index (χ3n) is 3.64. The summed E-state index contributed by atoms with van der Waals surface area (Å²) in [5.41, 5.74) is 0.742. The van der Waals surface area contributed by atoms with Crippen molar-refractivity contribution in [1.82, 2.24) is 9.78 Å². The largest absolute Gasteiger partial charge is 0.493 e. The molecule has 0 atom stereocenters. The molecule has 6 nitrogen and oxygen atoms in total. The Bertz CT molecular complexity index is 800. The number of nitrogens with zero attached hydrogens (tertiary/aromatic N) is 2. The summed E-state index contributed by atoms with van der Waals surface area (Å²) < 4.78 is 12.8. The second-order valence-electron chi connectivity index (χ2n) is 6.50. The number of anilines is 1. The SMILES string of the molecule is CCCOc1c(Cl)cc(/C=C/C(=O)Nc2ccnn2CC(C)C)cc1OC. The highest BCUT2D eigenvalue weighted by Crippen LogP contribution is 2.36. The highest BCUT2D eigenvalue weighted by molar-refractivity contribution is 6.32. The summed E-state index contributed by atoms with van der Waals surface area (Å²) in [4.78, 5) is 12.2. The molecule has 1 N–H and O–H groups in total. The Labute approximate surface area is 165 Å². The number of ether oxygens (including phenoxy) is 2. The van der Waals surface area contributed by atoms with Crippen LogP contribution in [0.1, 0.15) is 32.8 Å². The molecule has 2 aromatic rings. The molecule has 0 unspecified atom stereocenters. The van der Waals surface area contributed by atoms with Crippen molar-refractivity contribution in [2.45, 2.75) is 33.7 Å². The Morgan fingerprint density at radius 1 is 1.41 bits per heavy atom. The highest BCUT2D eigenvalue weighted by atomic mass is 35.5. The van der Waals surface area contributed by atoms with E-state index in [4.69, 9.17) is 21.1 Å². The Kier molecular flexibility index (Phi) is 7.73. The van der Waals surface area contributed by atoms with Gasteiger partial charge in [0, 0.05) is 18.7 Å². The lowest BCUT2D eigenvalue weighted by molar-refractivity contribution is -0.111. The summed E-state index contributed by atoms with van der Waals surface area (Å²) in [6, 6.07) is 5.29. The number of carbonyl (C=O) groups is 1. The van der Waals surface area contributed by atoms with Gasteiger partial charge in [0.2, 0.25) is 5.91 Å². The fourth-order valence-electron chi connectivity index (χ4n) is 2.45. The van der Waals surface area contributed by atoms with E-state index in [0.717, 1.165) is 18.5 Å². The van der Waals surface area contributed by atoms with Gasteiger partial charge < -0.3 is 14.8 Å². The van der Waals surface area contributed by atoms with Crippen LogP contribution in [-0.4, -0.2) is 29.4 Å². The molecule has 0 bridgehead atoms. The molecule has 1 aromatic carbocycles. The summed E-state index contributed by atoms with van der Waals surface area (Å²) in [5.74, 6) is 1.89. The summed E-state index contributed by atoms with van der Waals surface area (Å²) in [6.07, 6.45) is 5.66. The van der Waals surface area contributed by atoms with E-state index >= 15 is 0 Å². The fraction of sp³-hybridized carbons (Fsp3) is 0.400. The maximum Gasteiger partial charge on any atom is 0.249 e. The van der Waals surface area contributed by atoms with E-state index < -0.39 is 0 Å². The van der Waals surface area contributed by atoms with Crippen LogP contribution in [0, 0.1) is 5.92 Å². The van der Waals surface area contributed by atoms with Gasteiger partial charge in [0.05, 0.1) is 24.9 Å². The number of hydrogen-bond acceptors (Lipinski definition) is 4. The highest BCUT2D eigenvalue weighted by Gasteiger charge is 2.11. The van der Waals surface area contributed by atoms with Crippen LogP contribution in [0.15, 0.2) is 30.5 Å². The zero-order valence-corrected chi connectivity index (χ0v) is 16.9. The minimum Gasteiger partial charge on any atom is -0.493 e. The number of nitrogens with one attached hydrogen (secondary N) is 1. The lowest BCUT2D eigenvalue weighted by Gasteiger charge is -2.12. The van der Waals surface area contributed by atoms with E-state index in [0.29, 0.717) is 34.9 Å². The molecule has 1 amide bonds. The van der Waals surface area contributed by atoms with E-state index in [1.54, 1.807) is 42.3 Å². The Balaban J connectivity index is 2.10. The van der Waals surface area contributed by atoms with Crippen molar-refractivity contribution in [2.24, 2.45) is 5.92 Å². The molecule has 146 valence electrons. The Morgan fingerprint density at radius 2 is 2.19 bits per heavy atom. The van der Waals surface area contributed by atoms with Gasteiger partial charge >= 0.3 is 0 Å². The van der Waals surface area contributed by atoms with Gasteiger partial charge in [-0.05, 0) is 36.1 Å². The van der Waals surface area contributed by atoms with E-state index in [1.165, 1.54) is 6.08 Å². The average molecular weight is 392 g/mol. The first-order valence-corrected chi connectivity index (χ1v) is 9.33. The van der Waals surface area contributed by atoms with Gasteiger partial charge in [0.15, 0.2) is 11.5 Å². The van der Waals surface area contributed by atoms with Gasteiger partial charge in [-0.2, -0.15) is 5.10 Å². The second kappa shape index (κ2) is 10.0. The van der Waals surface area contributed by atoms with E-state index in [-0.39, 0.29) is 5.91 Å². The number of amides is 1. The molecule has 0 saturated heterocycles. The smallest absolute Gasteiger partial charge is 0.249 e. The van der Waals surface area contributed by atoms with Gasteiger partial charge in [-0.15, -0.1) is 0 Å². The third-order valence-corrected chi connectivity index (χ3v) is 3.92. The molecule has 0 aliphatic carbocycles. The van der Waals surface area contributed by atoms with Crippen molar-refractivity contribution in [3.8, 4) is 11.5 Å². The van der Waals surface area contributed by atoms with Crippen LogP contribution in [-0.2, 0) is 11.3 Å². The Morgan fingerprint density at radius 3 is 2.85 bits per heavy atom. The number of aromatic nitrogens is 2. The van der Waals surface area contributed by atoms with Crippen molar-refractivity contribution >= 4 is 29.4 Å². The first kappa shape index (κ1) is 20.8. The number of benzene rings is 1. The fourth-order valence-corrected chi connectivity index (χ4v) is 2.72. The molecular weight excluding hydrogens is 366 g/mol. The zero-order valence-electron chi connectivity index (χ0n) is 16.2. The minimum atomic E-state index is -0.248. The molecule has 0 saturated carbocycles. The van der Waals surface area contributed by atoms with Crippen molar-refractivity contribution in [3.05, 3.63) is 41.1 Å². The van der Waals surface area contributed by atoms with Crippen LogP contribution < -0.4 is 14.8 Å². The van der Waals surface area contributed by atoms with Crippen LogP contribution in [0.2, 0.25) is 5.02 Å². The standard InChI is InChI=1S/C20H26ClN3O3/c1-5-10-27-20-16(21)11-15(12-17(20)26-4)6-7-19(25)23-18-8-9-22-24(18)13-14(2)3/h6-9,11-12,14H,5,10,13H2,1-4H3,(H,23,25)/b7-6+. The van der Waals surface area contributed by atoms with Crippen molar-refractivity contribution in [3.63, 3.8) is 0 Å². The molecule has 7 heteroatoms. The number of hydrogen-bond donors (Lipinski definition) is 1. The molecule has 1 heterocycles. The molecule has 0 radical (unpaired) electrons. The van der Waals surface area contributed by atoms with Crippen LogP contribution in [0.25, 0.3) is 6.08 Å². The predicted molar refractivity (Wildman–Crippen MR) is 109 cm³/mol. The van der Waals surface area contributed by atoms with Gasteiger partial charge in [0.1, 0.15) is 5.82 Å². The lowest BCUT2D eigenvalue weighted by atomic mass is 10.2. The quantitative estimate of drug-likeness (QED) is 0.632.